The van der Waals surface area contributed by atoms with Gasteiger partial charge in [0.15, 0.2) is 19.2 Å². The van der Waals surface area contributed by atoms with Gasteiger partial charge in [-0.15, -0.1) is 0 Å². The molecule has 0 aliphatic carbocycles. The van der Waals surface area contributed by atoms with E-state index in [9.17, 15) is 19.7 Å². The number of carbonyl (C=O) groups excluding carboxylic acids is 2. The second-order valence-corrected chi connectivity index (χ2v) is 7.13. The third-order valence-electron chi connectivity index (χ3n) is 4.88. The highest BCUT2D eigenvalue weighted by Gasteiger charge is 2.22. The summed E-state index contributed by atoms with van der Waals surface area (Å²) in [5, 5.41) is 11.2. The van der Waals surface area contributed by atoms with E-state index in [1.165, 1.54) is 12.1 Å². The Kier molecular flexibility index (Phi) is 6.61. The van der Waals surface area contributed by atoms with Crippen molar-refractivity contribution in [1.82, 2.24) is 0 Å². The molecular formula is C24H19NO8. The highest BCUT2D eigenvalue weighted by molar-refractivity contribution is 6.08. The van der Waals surface area contributed by atoms with Crippen molar-refractivity contribution in [1.29, 1.82) is 0 Å². The van der Waals surface area contributed by atoms with Crippen LogP contribution in [0.4, 0.5) is 5.69 Å². The Bertz CT molecular complexity index is 1180. The van der Waals surface area contributed by atoms with Gasteiger partial charge in [-0.1, -0.05) is 30.3 Å². The summed E-state index contributed by atoms with van der Waals surface area (Å²) in [5.74, 6) is 0.0326. The quantitative estimate of drug-likeness (QED) is 0.221. The number of ether oxygens (including phenoxy) is 4. The first-order valence-electron chi connectivity index (χ1n) is 10.0. The molecule has 0 unspecified atom stereocenters. The molecule has 1 aliphatic heterocycles. The van der Waals surface area contributed by atoms with E-state index in [0.717, 1.165) is 0 Å². The molecule has 1 heterocycles. The van der Waals surface area contributed by atoms with E-state index in [0.29, 0.717) is 33.8 Å². The number of hydrogen-bond donors (Lipinski definition) is 0. The lowest BCUT2D eigenvalue weighted by atomic mass is 10.0. The van der Waals surface area contributed by atoms with Crippen LogP contribution in [0.25, 0.3) is 0 Å². The number of fused-ring (bicyclic) bond motifs is 1. The van der Waals surface area contributed by atoms with Gasteiger partial charge in [0.1, 0.15) is 18.1 Å². The molecule has 0 saturated carbocycles. The van der Waals surface area contributed by atoms with E-state index in [-0.39, 0.29) is 38.1 Å². The van der Waals surface area contributed by atoms with Gasteiger partial charge in [0.05, 0.1) is 11.5 Å². The molecule has 4 rings (SSSR count). The third kappa shape index (κ3) is 5.34. The van der Waals surface area contributed by atoms with E-state index in [2.05, 4.69) is 0 Å². The van der Waals surface area contributed by atoms with Crippen molar-refractivity contribution in [2.45, 2.75) is 13.2 Å². The first-order valence-corrected chi connectivity index (χ1v) is 10.0. The van der Waals surface area contributed by atoms with Crippen LogP contribution in [-0.2, 0) is 27.5 Å². The maximum Gasteiger partial charge on any atom is 0.344 e. The minimum absolute atomic E-state index is 0.0115. The molecule has 0 aromatic heterocycles. The summed E-state index contributed by atoms with van der Waals surface area (Å²) >= 11 is 0. The lowest BCUT2D eigenvalue weighted by Crippen LogP contribution is -2.17. The Hall–Kier alpha value is -4.24. The number of ketones is 1. The van der Waals surface area contributed by atoms with E-state index >= 15 is 0 Å². The number of esters is 1. The maximum atomic E-state index is 12.4. The van der Waals surface area contributed by atoms with Crippen LogP contribution in [0.2, 0.25) is 0 Å². The molecule has 33 heavy (non-hydrogen) atoms. The number of hydrogen-bond acceptors (Lipinski definition) is 8. The van der Waals surface area contributed by atoms with Crippen LogP contribution in [0.15, 0.2) is 66.7 Å². The molecule has 1 aliphatic rings. The predicted octanol–water partition coefficient (Wildman–Crippen LogP) is 3.81. The van der Waals surface area contributed by atoms with Crippen LogP contribution in [0.5, 0.6) is 11.5 Å². The Morgan fingerprint density at radius 2 is 1.73 bits per heavy atom. The number of benzene rings is 3. The topological polar surface area (TPSA) is 114 Å². The lowest BCUT2D eigenvalue weighted by Gasteiger charge is -2.20. The monoisotopic (exact) mass is 449 g/mol. The molecule has 0 N–H and O–H groups in total. The second-order valence-electron chi connectivity index (χ2n) is 7.13. The van der Waals surface area contributed by atoms with Crippen molar-refractivity contribution >= 4 is 17.4 Å². The van der Waals surface area contributed by atoms with Crippen LogP contribution < -0.4 is 9.47 Å². The average Bonchev–Trinajstić information content (AvgIpc) is 2.86. The summed E-state index contributed by atoms with van der Waals surface area (Å²) in [4.78, 5) is 35.2. The molecule has 0 fully saturated rings. The van der Waals surface area contributed by atoms with Crippen molar-refractivity contribution in [3.8, 4) is 11.5 Å². The summed E-state index contributed by atoms with van der Waals surface area (Å²) in [5.41, 5.74) is 1.82. The molecule has 0 amide bonds. The summed E-state index contributed by atoms with van der Waals surface area (Å²) in [6, 6.07) is 18.0. The van der Waals surface area contributed by atoms with Crippen LogP contribution in [-0.4, -0.2) is 30.1 Å². The first kappa shape index (κ1) is 22.0. The summed E-state index contributed by atoms with van der Waals surface area (Å²) < 4.78 is 21.2. The number of rotatable bonds is 8. The lowest BCUT2D eigenvalue weighted by molar-refractivity contribution is -0.385. The molecule has 0 atom stereocenters. The van der Waals surface area contributed by atoms with Gasteiger partial charge in [-0.2, -0.15) is 0 Å². The average molecular weight is 449 g/mol. The van der Waals surface area contributed by atoms with Gasteiger partial charge in [-0.3, -0.25) is 14.9 Å². The SMILES string of the molecule is O=C(COc1ccc(C(=O)c2ccccc2)cc1)OCc1cc([N+](=O)[O-])cc2c1OCOC2. The standard InChI is InChI=1S/C24H19NO8/c26-22(32-13-19-11-20(25(28)29)10-18-12-30-15-33-24(18)19)14-31-21-8-6-17(7-9-21)23(27)16-4-2-1-3-5-16/h1-11H,12-15H2. The fourth-order valence-electron chi connectivity index (χ4n) is 3.29. The molecule has 0 spiro atoms. The van der Waals surface area contributed by atoms with Crippen molar-refractivity contribution < 1.29 is 33.5 Å². The van der Waals surface area contributed by atoms with Gasteiger partial charge in [0, 0.05) is 34.4 Å². The normalized spacial score (nSPS) is 12.2. The zero-order chi connectivity index (χ0) is 23.2. The molecule has 0 bridgehead atoms. The summed E-state index contributed by atoms with van der Waals surface area (Å²) in [6.45, 7) is -0.398. The molecule has 168 valence electrons. The predicted molar refractivity (Wildman–Crippen MR) is 115 cm³/mol. The molecule has 9 heteroatoms. The van der Waals surface area contributed by atoms with Crippen LogP contribution in [0, 0.1) is 10.1 Å². The third-order valence-corrected chi connectivity index (χ3v) is 4.88. The molecular weight excluding hydrogens is 430 g/mol. The number of nitro benzene ring substituents is 1. The van der Waals surface area contributed by atoms with Crippen molar-refractivity contribution in [3.63, 3.8) is 0 Å². The van der Waals surface area contributed by atoms with Crippen molar-refractivity contribution in [3.05, 3.63) is 99.1 Å². The highest BCUT2D eigenvalue weighted by Crippen LogP contribution is 2.33. The van der Waals surface area contributed by atoms with Gasteiger partial charge < -0.3 is 18.9 Å². The van der Waals surface area contributed by atoms with Gasteiger partial charge in [0.2, 0.25) is 0 Å². The molecule has 3 aromatic rings. The number of nitrogens with zero attached hydrogens (tertiary/aromatic N) is 1. The Labute approximate surface area is 188 Å². The van der Waals surface area contributed by atoms with E-state index < -0.39 is 10.9 Å². The molecule has 3 aromatic carbocycles. The first-order chi connectivity index (χ1) is 16.0. The Morgan fingerprint density at radius 1 is 1.00 bits per heavy atom. The molecule has 0 radical (unpaired) electrons. The maximum absolute atomic E-state index is 12.4. The fraction of sp³-hybridized carbons (Fsp3) is 0.167. The number of non-ortho nitro benzene ring substituents is 1. The summed E-state index contributed by atoms with van der Waals surface area (Å²) in [7, 11) is 0. The Morgan fingerprint density at radius 3 is 2.45 bits per heavy atom. The number of carbonyl (C=O) groups is 2. The van der Waals surface area contributed by atoms with Crippen molar-refractivity contribution in [2.75, 3.05) is 13.4 Å². The minimum Gasteiger partial charge on any atom is -0.482 e. The van der Waals surface area contributed by atoms with Gasteiger partial charge >= 0.3 is 5.97 Å². The summed E-state index contributed by atoms with van der Waals surface area (Å²) in [6.07, 6.45) is 0. The Balaban J connectivity index is 1.33. The zero-order valence-corrected chi connectivity index (χ0v) is 17.4. The van der Waals surface area contributed by atoms with Crippen LogP contribution in [0.3, 0.4) is 0 Å². The minimum atomic E-state index is -0.660. The number of nitro groups is 1. The van der Waals surface area contributed by atoms with Gasteiger partial charge in [-0.25, -0.2) is 4.79 Å². The van der Waals surface area contributed by atoms with Gasteiger partial charge in [0.25, 0.3) is 5.69 Å². The van der Waals surface area contributed by atoms with Crippen LogP contribution >= 0.6 is 0 Å². The largest absolute Gasteiger partial charge is 0.482 e. The van der Waals surface area contributed by atoms with Gasteiger partial charge in [-0.05, 0) is 24.3 Å². The van der Waals surface area contributed by atoms with Crippen molar-refractivity contribution in [2.24, 2.45) is 0 Å². The molecule has 0 saturated heterocycles. The van der Waals surface area contributed by atoms with E-state index in [1.54, 1.807) is 48.5 Å². The fourth-order valence-corrected chi connectivity index (χ4v) is 3.29. The second kappa shape index (κ2) is 9.92. The molecule has 9 nitrogen and oxygen atoms in total. The van der Waals surface area contributed by atoms with E-state index in [4.69, 9.17) is 18.9 Å². The van der Waals surface area contributed by atoms with E-state index in [1.807, 2.05) is 6.07 Å². The smallest absolute Gasteiger partial charge is 0.344 e. The highest BCUT2D eigenvalue weighted by atomic mass is 16.7. The van der Waals surface area contributed by atoms with Crippen LogP contribution in [0.1, 0.15) is 27.0 Å². The zero-order valence-electron chi connectivity index (χ0n) is 17.4.